The van der Waals surface area contributed by atoms with Crippen molar-refractivity contribution in [3.05, 3.63) is 48.4 Å². The fourth-order valence-corrected chi connectivity index (χ4v) is 3.35. The number of aromatic nitrogens is 3. The third-order valence-electron chi connectivity index (χ3n) is 4.80. The van der Waals surface area contributed by atoms with Gasteiger partial charge in [-0.05, 0) is 18.2 Å². The Balaban J connectivity index is 1.55. The second-order valence-electron chi connectivity index (χ2n) is 6.45. The Morgan fingerprint density at radius 1 is 1.00 bits per heavy atom. The normalized spacial score (nSPS) is 15.1. The van der Waals surface area contributed by atoms with Crippen LogP contribution in [-0.2, 0) is 6.18 Å². The third-order valence-corrected chi connectivity index (χ3v) is 4.80. The van der Waals surface area contributed by atoms with Gasteiger partial charge in [-0.15, -0.1) is 0 Å². The van der Waals surface area contributed by atoms with Crippen molar-refractivity contribution in [3.8, 4) is 5.88 Å². The molecule has 0 aliphatic carbocycles. The van der Waals surface area contributed by atoms with Gasteiger partial charge in [-0.2, -0.15) is 18.2 Å². The van der Waals surface area contributed by atoms with Gasteiger partial charge in [-0.25, -0.2) is 0 Å². The number of rotatable bonds is 3. The molecular weight excluding hydrogens is 371 g/mol. The standard InChI is InChI=1S/C19H18F3N5O/c1-28-18-12-23-11-17(25-18)27-8-6-26(7-9-27)16-4-5-24-15-10-13(19(20,21)22)2-3-14(15)16/h2-5,10-12H,6-9H2,1H3. The zero-order valence-electron chi connectivity index (χ0n) is 15.1. The molecule has 0 saturated carbocycles. The number of hydrogen-bond acceptors (Lipinski definition) is 6. The summed E-state index contributed by atoms with van der Waals surface area (Å²) in [7, 11) is 1.55. The highest BCUT2D eigenvalue weighted by molar-refractivity contribution is 5.92. The first-order chi connectivity index (χ1) is 13.5. The van der Waals surface area contributed by atoms with E-state index in [1.54, 1.807) is 25.7 Å². The zero-order valence-corrected chi connectivity index (χ0v) is 15.1. The van der Waals surface area contributed by atoms with Crippen molar-refractivity contribution in [1.82, 2.24) is 15.0 Å². The topological polar surface area (TPSA) is 54.4 Å². The van der Waals surface area contributed by atoms with E-state index in [-0.39, 0.29) is 0 Å². The summed E-state index contributed by atoms with van der Waals surface area (Å²) in [5, 5.41) is 0.713. The van der Waals surface area contributed by atoms with Gasteiger partial charge in [0.15, 0.2) is 5.82 Å². The van der Waals surface area contributed by atoms with E-state index in [4.69, 9.17) is 4.74 Å². The van der Waals surface area contributed by atoms with Crippen molar-refractivity contribution < 1.29 is 17.9 Å². The number of hydrogen-bond donors (Lipinski definition) is 0. The van der Waals surface area contributed by atoms with Crippen LogP contribution >= 0.6 is 0 Å². The van der Waals surface area contributed by atoms with Crippen molar-refractivity contribution in [1.29, 1.82) is 0 Å². The molecule has 1 fully saturated rings. The van der Waals surface area contributed by atoms with Crippen molar-refractivity contribution >= 4 is 22.4 Å². The first kappa shape index (κ1) is 18.3. The molecule has 2 aromatic heterocycles. The van der Waals surface area contributed by atoms with Crippen molar-refractivity contribution in [2.24, 2.45) is 0 Å². The van der Waals surface area contributed by atoms with E-state index in [0.29, 0.717) is 43.0 Å². The van der Waals surface area contributed by atoms with Gasteiger partial charge in [0, 0.05) is 43.4 Å². The fourth-order valence-electron chi connectivity index (χ4n) is 3.35. The first-order valence-electron chi connectivity index (χ1n) is 8.77. The zero-order chi connectivity index (χ0) is 19.7. The first-order valence-corrected chi connectivity index (χ1v) is 8.77. The molecule has 0 amide bonds. The van der Waals surface area contributed by atoms with Crippen LogP contribution in [0.3, 0.4) is 0 Å². The maximum Gasteiger partial charge on any atom is 0.416 e. The molecule has 9 heteroatoms. The third kappa shape index (κ3) is 3.51. The average molecular weight is 389 g/mol. The van der Waals surface area contributed by atoms with E-state index < -0.39 is 11.7 Å². The van der Waals surface area contributed by atoms with Gasteiger partial charge in [0.2, 0.25) is 5.88 Å². The average Bonchev–Trinajstić information content (AvgIpc) is 2.72. The molecule has 4 rings (SSSR count). The predicted molar refractivity (Wildman–Crippen MR) is 99.8 cm³/mol. The lowest BCUT2D eigenvalue weighted by Gasteiger charge is -2.37. The Hall–Kier alpha value is -3.10. The van der Waals surface area contributed by atoms with Crippen molar-refractivity contribution in [2.45, 2.75) is 6.18 Å². The number of nitrogens with zero attached hydrogens (tertiary/aromatic N) is 5. The van der Waals surface area contributed by atoms with Crippen molar-refractivity contribution in [2.75, 3.05) is 43.1 Å². The molecule has 0 unspecified atom stereocenters. The molecule has 0 radical (unpaired) electrons. The van der Waals surface area contributed by atoms with Crippen LogP contribution in [0.5, 0.6) is 5.88 Å². The van der Waals surface area contributed by atoms with Crippen LogP contribution in [0.25, 0.3) is 10.9 Å². The summed E-state index contributed by atoms with van der Waals surface area (Å²) in [6, 6.07) is 5.55. The minimum atomic E-state index is -4.38. The Labute approximate surface area is 159 Å². The summed E-state index contributed by atoms with van der Waals surface area (Å²) in [5.74, 6) is 1.20. The molecule has 1 aliphatic rings. The summed E-state index contributed by atoms with van der Waals surface area (Å²) < 4.78 is 44.0. The molecular formula is C19H18F3N5O. The Kier molecular flexibility index (Phi) is 4.66. The smallest absolute Gasteiger partial charge is 0.416 e. The Morgan fingerprint density at radius 2 is 1.75 bits per heavy atom. The highest BCUT2D eigenvalue weighted by Crippen LogP contribution is 2.34. The number of ether oxygens (including phenoxy) is 1. The summed E-state index contributed by atoms with van der Waals surface area (Å²) in [6.45, 7) is 2.84. The minimum Gasteiger partial charge on any atom is -0.480 e. The lowest BCUT2D eigenvalue weighted by Crippen LogP contribution is -2.47. The quantitative estimate of drug-likeness (QED) is 0.685. The second kappa shape index (κ2) is 7.14. The number of benzene rings is 1. The molecule has 3 heterocycles. The van der Waals surface area contributed by atoms with Crippen LogP contribution in [-0.4, -0.2) is 48.2 Å². The molecule has 0 N–H and O–H groups in total. The lowest BCUT2D eigenvalue weighted by atomic mass is 10.1. The number of anilines is 2. The SMILES string of the molecule is COc1cncc(N2CCN(c3ccnc4cc(C(F)(F)F)ccc34)CC2)n1. The highest BCUT2D eigenvalue weighted by atomic mass is 19.4. The molecule has 3 aromatic rings. The summed E-state index contributed by atoms with van der Waals surface area (Å²) in [4.78, 5) is 16.9. The summed E-state index contributed by atoms with van der Waals surface area (Å²) >= 11 is 0. The van der Waals surface area contributed by atoms with Gasteiger partial charge >= 0.3 is 6.18 Å². The maximum atomic E-state index is 13.0. The molecule has 1 aromatic carbocycles. The number of fused-ring (bicyclic) bond motifs is 1. The largest absolute Gasteiger partial charge is 0.480 e. The molecule has 0 atom stereocenters. The number of piperazine rings is 1. The van der Waals surface area contributed by atoms with Crippen LogP contribution in [0.15, 0.2) is 42.9 Å². The van der Waals surface area contributed by atoms with Gasteiger partial charge in [-0.3, -0.25) is 9.97 Å². The van der Waals surface area contributed by atoms with E-state index in [1.807, 2.05) is 6.07 Å². The van der Waals surface area contributed by atoms with Gasteiger partial charge in [0.05, 0.1) is 30.6 Å². The molecule has 0 spiro atoms. The van der Waals surface area contributed by atoms with Crippen LogP contribution in [0.2, 0.25) is 0 Å². The Morgan fingerprint density at radius 3 is 2.46 bits per heavy atom. The summed E-state index contributed by atoms with van der Waals surface area (Å²) in [5.41, 5.74) is 0.537. The maximum absolute atomic E-state index is 13.0. The van der Waals surface area contributed by atoms with Gasteiger partial charge in [-0.1, -0.05) is 6.07 Å². The number of methoxy groups -OCH3 is 1. The minimum absolute atomic E-state index is 0.341. The van der Waals surface area contributed by atoms with Gasteiger partial charge in [0.25, 0.3) is 0 Å². The number of alkyl halides is 3. The fraction of sp³-hybridized carbons (Fsp3) is 0.316. The molecule has 0 bridgehead atoms. The van der Waals surface area contributed by atoms with E-state index in [2.05, 4.69) is 24.8 Å². The van der Waals surface area contributed by atoms with Gasteiger partial charge in [0.1, 0.15) is 0 Å². The van der Waals surface area contributed by atoms with E-state index in [0.717, 1.165) is 23.6 Å². The van der Waals surface area contributed by atoms with Crippen LogP contribution in [0, 0.1) is 0 Å². The lowest BCUT2D eigenvalue weighted by molar-refractivity contribution is -0.137. The molecule has 28 heavy (non-hydrogen) atoms. The second-order valence-corrected chi connectivity index (χ2v) is 6.45. The van der Waals surface area contributed by atoms with E-state index in [9.17, 15) is 13.2 Å². The summed E-state index contributed by atoms with van der Waals surface area (Å²) in [6.07, 6.45) is 0.420. The van der Waals surface area contributed by atoms with Crippen molar-refractivity contribution in [3.63, 3.8) is 0 Å². The van der Waals surface area contributed by atoms with Crippen LogP contribution in [0.4, 0.5) is 24.7 Å². The van der Waals surface area contributed by atoms with Crippen LogP contribution < -0.4 is 14.5 Å². The number of halogens is 3. The highest BCUT2D eigenvalue weighted by Gasteiger charge is 2.31. The molecule has 146 valence electrons. The monoisotopic (exact) mass is 389 g/mol. The van der Waals surface area contributed by atoms with Crippen LogP contribution in [0.1, 0.15) is 5.56 Å². The van der Waals surface area contributed by atoms with E-state index in [1.165, 1.54) is 6.07 Å². The van der Waals surface area contributed by atoms with E-state index >= 15 is 0 Å². The van der Waals surface area contributed by atoms with Gasteiger partial charge < -0.3 is 14.5 Å². The number of pyridine rings is 1. The predicted octanol–water partition coefficient (Wildman–Crippen LogP) is 3.38. The Bertz CT molecular complexity index is 987. The molecule has 6 nitrogen and oxygen atoms in total. The molecule has 1 saturated heterocycles. The molecule has 1 aliphatic heterocycles.